The van der Waals surface area contributed by atoms with Crippen molar-refractivity contribution in [3.05, 3.63) is 81.8 Å². The number of hydrogen-bond acceptors (Lipinski definition) is 5. The van der Waals surface area contributed by atoms with Gasteiger partial charge in [0.15, 0.2) is 5.16 Å². The summed E-state index contributed by atoms with van der Waals surface area (Å²) in [7, 11) is 0. The minimum atomic E-state index is -0.186. The molecule has 0 saturated heterocycles. The highest BCUT2D eigenvalue weighted by atomic mass is 32.2. The fourth-order valence-electron chi connectivity index (χ4n) is 2.61. The number of aromatic amines is 1. The Bertz CT molecular complexity index is 921. The van der Waals surface area contributed by atoms with Crippen molar-refractivity contribution in [2.75, 3.05) is 12.4 Å². The number of nitrogens with one attached hydrogen (secondary N) is 1. The Labute approximate surface area is 162 Å². The van der Waals surface area contributed by atoms with Crippen LogP contribution < -0.4 is 15.0 Å². The quantitative estimate of drug-likeness (QED) is 0.360. The Balaban J connectivity index is 1.52. The van der Waals surface area contributed by atoms with Gasteiger partial charge < -0.3 is 14.5 Å². The molecular formula is C21H22N2O3S. The lowest BCUT2D eigenvalue weighted by Crippen LogP contribution is -2.12. The summed E-state index contributed by atoms with van der Waals surface area (Å²) in [6, 6.07) is 17.1. The number of thioether (sulfide) groups is 1. The highest BCUT2D eigenvalue weighted by molar-refractivity contribution is 7.99. The van der Waals surface area contributed by atoms with Gasteiger partial charge in [-0.3, -0.25) is 4.79 Å². The van der Waals surface area contributed by atoms with E-state index < -0.39 is 0 Å². The van der Waals surface area contributed by atoms with Crippen LogP contribution in [0, 0.1) is 13.8 Å². The normalized spacial score (nSPS) is 10.6. The van der Waals surface area contributed by atoms with E-state index >= 15 is 0 Å². The van der Waals surface area contributed by atoms with Crippen LogP contribution in [0.4, 0.5) is 0 Å². The first-order chi connectivity index (χ1) is 13.1. The maximum absolute atomic E-state index is 11.9. The summed E-state index contributed by atoms with van der Waals surface area (Å²) >= 11 is 1.45. The van der Waals surface area contributed by atoms with Crippen LogP contribution in [0.2, 0.25) is 0 Å². The van der Waals surface area contributed by atoms with Gasteiger partial charge in [-0.05, 0) is 49.2 Å². The zero-order valence-electron chi connectivity index (χ0n) is 15.4. The SMILES string of the molecule is Cc1cc(C)cc(OCCSc2nc(COc3ccccc3)cc(=O)[nH]2)c1. The second-order valence-electron chi connectivity index (χ2n) is 6.16. The zero-order chi connectivity index (χ0) is 19.1. The van der Waals surface area contributed by atoms with Crippen molar-refractivity contribution in [3.8, 4) is 11.5 Å². The van der Waals surface area contributed by atoms with E-state index in [1.807, 2.05) is 56.3 Å². The van der Waals surface area contributed by atoms with E-state index in [0.29, 0.717) is 23.2 Å². The second kappa shape index (κ2) is 9.28. The highest BCUT2D eigenvalue weighted by Crippen LogP contribution is 2.18. The second-order valence-corrected chi connectivity index (χ2v) is 7.25. The third-order valence-electron chi connectivity index (χ3n) is 3.69. The molecule has 0 aliphatic rings. The van der Waals surface area contributed by atoms with Crippen LogP contribution in [0.25, 0.3) is 0 Å². The Morgan fingerprint density at radius 1 is 0.963 bits per heavy atom. The number of ether oxygens (including phenoxy) is 2. The third-order valence-corrected chi connectivity index (χ3v) is 4.53. The average molecular weight is 382 g/mol. The number of benzene rings is 2. The van der Waals surface area contributed by atoms with Gasteiger partial charge >= 0.3 is 0 Å². The van der Waals surface area contributed by atoms with Crippen molar-refractivity contribution < 1.29 is 9.47 Å². The largest absolute Gasteiger partial charge is 0.493 e. The molecule has 0 radical (unpaired) electrons. The van der Waals surface area contributed by atoms with E-state index in [0.717, 1.165) is 11.5 Å². The van der Waals surface area contributed by atoms with Gasteiger partial charge in [-0.1, -0.05) is 36.0 Å². The van der Waals surface area contributed by atoms with Gasteiger partial charge in [-0.2, -0.15) is 0 Å². The average Bonchev–Trinajstić information content (AvgIpc) is 2.63. The molecule has 2 aromatic carbocycles. The number of hydrogen-bond donors (Lipinski definition) is 1. The van der Waals surface area contributed by atoms with Crippen molar-refractivity contribution in [2.24, 2.45) is 0 Å². The summed E-state index contributed by atoms with van der Waals surface area (Å²) < 4.78 is 11.4. The molecule has 1 aromatic heterocycles. The van der Waals surface area contributed by atoms with E-state index in [2.05, 4.69) is 16.0 Å². The first kappa shape index (κ1) is 19.0. The van der Waals surface area contributed by atoms with E-state index in [4.69, 9.17) is 9.47 Å². The van der Waals surface area contributed by atoms with Crippen LogP contribution in [0.15, 0.2) is 64.5 Å². The molecule has 0 amide bonds. The predicted molar refractivity (Wildman–Crippen MR) is 108 cm³/mol. The molecule has 1 N–H and O–H groups in total. The summed E-state index contributed by atoms with van der Waals surface area (Å²) in [5.74, 6) is 2.29. The lowest BCUT2D eigenvalue weighted by atomic mass is 10.1. The number of aryl methyl sites for hydroxylation is 2. The van der Waals surface area contributed by atoms with Crippen molar-refractivity contribution in [1.29, 1.82) is 0 Å². The molecule has 140 valence electrons. The molecule has 6 heteroatoms. The molecular weight excluding hydrogens is 360 g/mol. The Morgan fingerprint density at radius 3 is 2.44 bits per heavy atom. The lowest BCUT2D eigenvalue weighted by molar-refractivity contribution is 0.299. The van der Waals surface area contributed by atoms with E-state index in [-0.39, 0.29) is 12.2 Å². The predicted octanol–water partition coefficient (Wildman–Crippen LogP) is 4.14. The molecule has 0 atom stereocenters. The molecule has 27 heavy (non-hydrogen) atoms. The molecule has 3 aromatic rings. The molecule has 0 bridgehead atoms. The Kier molecular flexibility index (Phi) is 6.54. The first-order valence-electron chi connectivity index (χ1n) is 8.70. The molecule has 5 nitrogen and oxygen atoms in total. The fourth-order valence-corrected chi connectivity index (χ4v) is 3.33. The fraction of sp³-hybridized carbons (Fsp3) is 0.238. The van der Waals surface area contributed by atoms with Crippen LogP contribution in [0.1, 0.15) is 16.8 Å². The summed E-state index contributed by atoms with van der Waals surface area (Å²) in [6.45, 7) is 4.88. The summed E-state index contributed by atoms with van der Waals surface area (Å²) in [4.78, 5) is 19.1. The van der Waals surface area contributed by atoms with Crippen LogP contribution in [-0.2, 0) is 6.61 Å². The maximum atomic E-state index is 11.9. The minimum absolute atomic E-state index is 0.186. The number of para-hydroxylation sites is 1. The lowest BCUT2D eigenvalue weighted by Gasteiger charge is -2.09. The van der Waals surface area contributed by atoms with Gasteiger partial charge in [0.2, 0.25) is 0 Å². The molecule has 0 aliphatic carbocycles. The topological polar surface area (TPSA) is 64.2 Å². The van der Waals surface area contributed by atoms with E-state index in [1.165, 1.54) is 29.0 Å². The van der Waals surface area contributed by atoms with Gasteiger partial charge in [0.1, 0.15) is 18.1 Å². The third kappa shape index (κ3) is 6.18. The maximum Gasteiger partial charge on any atom is 0.251 e. The van der Waals surface area contributed by atoms with Gasteiger partial charge in [-0.25, -0.2) is 4.98 Å². The zero-order valence-corrected chi connectivity index (χ0v) is 16.2. The van der Waals surface area contributed by atoms with Gasteiger partial charge in [0.05, 0.1) is 12.3 Å². The molecule has 0 saturated carbocycles. The molecule has 1 heterocycles. The van der Waals surface area contributed by atoms with Crippen LogP contribution in [0.5, 0.6) is 11.5 Å². The van der Waals surface area contributed by atoms with Crippen molar-refractivity contribution >= 4 is 11.8 Å². The monoisotopic (exact) mass is 382 g/mol. The Hall–Kier alpha value is -2.73. The van der Waals surface area contributed by atoms with Crippen LogP contribution >= 0.6 is 11.8 Å². The molecule has 0 aliphatic heterocycles. The molecule has 0 fully saturated rings. The number of aromatic nitrogens is 2. The summed E-state index contributed by atoms with van der Waals surface area (Å²) in [6.07, 6.45) is 0. The van der Waals surface area contributed by atoms with Gasteiger partial charge in [-0.15, -0.1) is 0 Å². The first-order valence-corrected chi connectivity index (χ1v) is 9.69. The molecule has 3 rings (SSSR count). The van der Waals surface area contributed by atoms with E-state index in [9.17, 15) is 4.79 Å². The van der Waals surface area contributed by atoms with Crippen LogP contribution in [-0.4, -0.2) is 22.3 Å². The van der Waals surface area contributed by atoms with Crippen LogP contribution in [0.3, 0.4) is 0 Å². The number of rotatable bonds is 8. The summed E-state index contributed by atoms with van der Waals surface area (Å²) in [5.41, 5.74) is 2.76. The van der Waals surface area contributed by atoms with Crippen molar-refractivity contribution in [3.63, 3.8) is 0 Å². The standard InChI is InChI=1S/C21H22N2O3S/c1-15-10-16(2)12-19(11-15)25-8-9-27-21-22-17(13-20(24)23-21)14-26-18-6-4-3-5-7-18/h3-7,10-13H,8-9,14H2,1-2H3,(H,22,23,24). The molecule has 0 unspecified atom stereocenters. The smallest absolute Gasteiger partial charge is 0.251 e. The van der Waals surface area contributed by atoms with Crippen molar-refractivity contribution in [2.45, 2.75) is 25.6 Å². The van der Waals surface area contributed by atoms with E-state index in [1.54, 1.807) is 0 Å². The highest BCUT2D eigenvalue weighted by Gasteiger charge is 2.04. The Morgan fingerprint density at radius 2 is 1.70 bits per heavy atom. The van der Waals surface area contributed by atoms with Crippen molar-refractivity contribution in [1.82, 2.24) is 9.97 Å². The van der Waals surface area contributed by atoms with Gasteiger partial charge in [0.25, 0.3) is 5.56 Å². The number of nitrogens with zero attached hydrogens (tertiary/aromatic N) is 1. The molecule has 0 spiro atoms. The summed E-state index contributed by atoms with van der Waals surface area (Å²) in [5, 5.41) is 0.568. The number of H-pyrrole nitrogens is 1. The van der Waals surface area contributed by atoms with Gasteiger partial charge in [0, 0.05) is 11.8 Å². The minimum Gasteiger partial charge on any atom is -0.493 e.